The number of nitrogens with one attached hydrogen (secondary N) is 2. The number of hydrogen-bond acceptors (Lipinski definition) is 3. The second kappa shape index (κ2) is 9.79. The summed E-state index contributed by atoms with van der Waals surface area (Å²) in [6.07, 6.45) is 5.86. The highest BCUT2D eigenvalue weighted by Gasteiger charge is 2.25. The summed E-state index contributed by atoms with van der Waals surface area (Å²) in [5.74, 6) is 0.169. The van der Waals surface area contributed by atoms with Crippen molar-refractivity contribution >= 4 is 18.7 Å². The average Bonchev–Trinajstić information content (AvgIpc) is 2.68. The number of thiol groups is 1. The Labute approximate surface area is 162 Å². The van der Waals surface area contributed by atoms with E-state index in [0.29, 0.717) is 0 Å². The van der Waals surface area contributed by atoms with E-state index in [2.05, 4.69) is 59.3 Å². The van der Waals surface area contributed by atoms with Crippen LogP contribution >= 0.6 is 12.8 Å². The molecule has 3 nitrogen and oxygen atoms in total. The third kappa shape index (κ3) is 5.12. The molecule has 0 saturated heterocycles. The van der Waals surface area contributed by atoms with Crippen LogP contribution in [-0.4, -0.2) is 12.5 Å². The molecule has 3 rings (SSSR count). The van der Waals surface area contributed by atoms with Gasteiger partial charge in [0, 0.05) is 12.5 Å². The van der Waals surface area contributed by atoms with E-state index >= 15 is 0 Å². The van der Waals surface area contributed by atoms with E-state index in [9.17, 15) is 4.79 Å². The predicted octanol–water partition coefficient (Wildman–Crippen LogP) is 4.25. The molecular formula is C22H28N2OS. The van der Waals surface area contributed by atoms with Gasteiger partial charge in [0.1, 0.15) is 0 Å². The van der Waals surface area contributed by atoms with Crippen LogP contribution in [0.25, 0.3) is 0 Å². The first-order valence-corrected chi connectivity index (χ1v) is 10.0. The molecule has 0 radical (unpaired) electrons. The first-order chi connectivity index (χ1) is 12.8. The fraction of sp³-hybridized carbons (Fsp3) is 0.409. The van der Waals surface area contributed by atoms with Crippen molar-refractivity contribution in [1.29, 1.82) is 0 Å². The van der Waals surface area contributed by atoms with Gasteiger partial charge in [0.2, 0.25) is 5.91 Å². The number of rotatable bonds is 8. The maximum atomic E-state index is 13.1. The number of carbonyl (C=O) groups excluding carboxylic acids is 1. The monoisotopic (exact) mass is 368 g/mol. The molecular weight excluding hydrogens is 340 g/mol. The number of aryl methyl sites for hydroxylation is 1. The zero-order chi connectivity index (χ0) is 18.2. The van der Waals surface area contributed by atoms with Gasteiger partial charge < -0.3 is 5.32 Å². The summed E-state index contributed by atoms with van der Waals surface area (Å²) in [7, 11) is 0. The summed E-state index contributed by atoms with van der Waals surface area (Å²) in [5, 5.41) is 3.34. The number of benzene rings is 2. The maximum absolute atomic E-state index is 13.1. The van der Waals surface area contributed by atoms with Gasteiger partial charge in [0.05, 0.1) is 6.04 Å². The molecule has 1 aliphatic rings. The van der Waals surface area contributed by atoms with Gasteiger partial charge in [-0.05, 0) is 55.2 Å². The zero-order valence-corrected chi connectivity index (χ0v) is 16.1. The third-order valence-electron chi connectivity index (χ3n) is 5.22. The minimum absolute atomic E-state index is 0.00632. The minimum atomic E-state index is -0.00632. The highest BCUT2D eigenvalue weighted by atomic mass is 32.1. The van der Waals surface area contributed by atoms with Crippen molar-refractivity contribution in [3.63, 3.8) is 0 Å². The van der Waals surface area contributed by atoms with Gasteiger partial charge in [0.25, 0.3) is 0 Å². The van der Waals surface area contributed by atoms with Gasteiger partial charge in [-0.25, -0.2) is 0 Å². The smallest absolute Gasteiger partial charge is 0.223 e. The normalized spacial score (nSPS) is 17.3. The molecule has 2 N–H and O–H groups in total. The summed E-state index contributed by atoms with van der Waals surface area (Å²) >= 11 is 4.06. The summed E-state index contributed by atoms with van der Waals surface area (Å²) in [6.45, 7) is 0.813. The van der Waals surface area contributed by atoms with Crippen molar-refractivity contribution in [3.8, 4) is 0 Å². The van der Waals surface area contributed by atoms with Gasteiger partial charge in [-0.2, -0.15) is 0 Å². The van der Waals surface area contributed by atoms with Crippen molar-refractivity contribution in [1.82, 2.24) is 10.0 Å². The van der Waals surface area contributed by atoms with Crippen LogP contribution in [0.15, 0.2) is 54.6 Å². The minimum Gasteiger partial charge on any atom is -0.349 e. The summed E-state index contributed by atoms with van der Waals surface area (Å²) in [4.78, 5) is 13.1. The van der Waals surface area contributed by atoms with E-state index in [0.717, 1.165) is 45.1 Å². The Balaban J connectivity index is 1.69. The van der Waals surface area contributed by atoms with Crippen molar-refractivity contribution in [3.05, 3.63) is 71.3 Å². The topological polar surface area (TPSA) is 41.1 Å². The number of amides is 1. The standard InChI is InChI=1S/C22H28N2OS/c25-22(24-21-14-6-11-18-10-4-5-13-20(18)21)19(12-7-15-23-26)16-17-8-2-1-3-9-17/h1-5,8-10,13,19,21,23,26H,6-7,11-12,14-16H2,(H,24,25). The fourth-order valence-corrected chi connectivity index (χ4v) is 4.00. The molecule has 0 aromatic heterocycles. The first kappa shape index (κ1) is 19.0. The van der Waals surface area contributed by atoms with Crippen molar-refractivity contribution in [2.45, 2.75) is 44.6 Å². The average molecular weight is 369 g/mol. The van der Waals surface area contributed by atoms with Crippen molar-refractivity contribution < 1.29 is 4.79 Å². The van der Waals surface area contributed by atoms with Gasteiger partial charge in [-0.15, -0.1) is 0 Å². The molecule has 2 atom stereocenters. The lowest BCUT2D eigenvalue weighted by atomic mass is 9.86. The Hall–Kier alpha value is -1.78. The lowest BCUT2D eigenvalue weighted by molar-refractivity contribution is -0.126. The van der Waals surface area contributed by atoms with Crippen LogP contribution in [0.4, 0.5) is 0 Å². The maximum Gasteiger partial charge on any atom is 0.223 e. The van der Waals surface area contributed by atoms with Crippen LogP contribution in [0.1, 0.15) is 48.4 Å². The van der Waals surface area contributed by atoms with E-state index in [4.69, 9.17) is 0 Å². The van der Waals surface area contributed by atoms with Crippen LogP contribution in [0.3, 0.4) is 0 Å². The summed E-state index contributed by atoms with van der Waals surface area (Å²) < 4.78 is 2.88. The quantitative estimate of drug-likeness (QED) is 0.481. The van der Waals surface area contributed by atoms with E-state index in [1.54, 1.807) is 0 Å². The second-order valence-corrected chi connectivity index (χ2v) is 7.41. The highest BCUT2D eigenvalue weighted by molar-refractivity contribution is 7.78. The largest absolute Gasteiger partial charge is 0.349 e. The number of fused-ring (bicyclic) bond motifs is 1. The van der Waals surface area contributed by atoms with E-state index in [1.807, 2.05) is 18.2 Å². The second-order valence-electron chi connectivity index (χ2n) is 7.09. The molecule has 138 valence electrons. The van der Waals surface area contributed by atoms with Crippen molar-refractivity contribution in [2.75, 3.05) is 6.54 Å². The van der Waals surface area contributed by atoms with Crippen LogP contribution in [0.5, 0.6) is 0 Å². The molecule has 2 aromatic rings. The van der Waals surface area contributed by atoms with Gasteiger partial charge >= 0.3 is 0 Å². The van der Waals surface area contributed by atoms with Crippen LogP contribution in [0.2, 0.25) is 0 Å². The molecule has 2 aromatic carbocycles. The van der Waals surface area contributed by atoms with Crippen LogP contribution in [0, 0.1) is 5.92 Å². The Morgan fingerprint density at radius 1 is 1.12 bits per heavy atom. The molecule has 26 heavy (non-hydrogen) atoms. The van der Waals surface area contributed by atoms with Gasteiger partial charge in [-0.3, -0.25) is 9.52 Å². The molecule has 4 heteroatoms. The zero-order valence-electron chi connectivity index (χ0n) is 15.2. The number of carbonyl (C=O) groups is 1. The molecule has 1 amide bonds. The molecule has 1 aliphatic carbocycles. The molecule has 0 heterocycles. The SMILES string of the molecule is O=C(NC1CCCc2ccccc21)C(CCCNS)Cc1ccccc1. The molecule has 2 unspecified atom stereocenters. The van der Waals surface area contributed by atoms with E-state index in [1.165, 1.54) is 16.7 Å². The lowest BCUT2D eigenvalue weighted by Gasteiger charge is -2.28. The fourth-order valence-electron chi connectivity index (χ4n) is 3.85. The van der Waals surface area contributed by atoms with E-state index < -0.39 is 0 Å². The first-order valence-electron chi connectivity index (χ1n) is 9.57. The molecule has 0 saturated carbocycles. The Morgan fingerprint density at radius 2 is 1.88 bits per heavy atom. The van der Waals surface area contributed by atoms with Gasteiger partial charge in [0.15, 0.2) is 0 Å². The summed E-state index contributed by atoms with van der Waals surface area (Å²) in [5.41, 5.74) is 3.89. The predicted molar refractivity (Wildman–Crippen MR) is 110 cm³/mol. The molecule has 0 spiro atoms. The van der Waals surface area contributed by atoms with Gasteiger partial charge in [-0.1, -0.05) is 67.4 Å². The molecule has 0 fully saturated rings. The number of hydrogen-bond donors (Lipinski definition) is 3. The lowest BCUT2D eigenvalue weighted by Crippen LogP contribution is -2.36. The molecule has 0 aliphatic heterocycles. The highest BCUT2D eigenvalue weighted by Crippen LogP contribution is 2.30. The van der Waals surface area contributed by atoms with Crippen LogP contribution < -0.4 is 10.0 Å². The van der Waals surface area contributed by atoms with Crippen LogP contribution in [-0.2, 0) is 17.6 Å². The van der Waals surface area contributed by atoms with E-state index in [-0.39, 0.29) is 17.9 Å². The Kier molecular flexibility index (Phi) is 7.15. The Morgan fingerprint density at radius 3 is 2.69 bits per heavy atom. The third-order valence-corrected chi connectivity index (χ3v) is 5.45. The van der Waals surface area contributed by atoms with Crippen molar-refractivity contribution in [2.24, 2.45) is 5.92 Å². The molecule has 0 bridgehead atoms. The Bertz CT molecular complexity index is 704. The summed E-state index contributed by atoms with van der Waals surface area (Å²) in [6, 6.07) is 19.0.